The Bertz CT molecular complexity index is 1080. The van der Waals surface area contributed by atoms with Crippen LogP contribution in [0.5, 0.6) is 11.5 Å². The summed E-state index contributed by atoms with van der Waals surface area (Å²) in [4.78, 5) is 12.2. The minimum atomic E-state index is 0.196. The Kier molecular flexibility index (Phi) is 4.36. The lowest BCUT2D eigenvalue weighted by atomic mass is 9.50. The van der Waals surface area contributed by atoms with Gasteiger partial charge in [-0.2, -0.15) is 0 Å². The van der Waals surface area contributed by atoms with Gasteiger partial charge in [0.2, 0.25) is 6.79 Å². The molecule has 4 aliphatic carbocycles. The molecule has 5 atom stereocenters. The van der Waals surface area contributed by atoms with Crippen molar-refractivity contribution in [1.82, 2.24) is 0 Å². The van der Waals surface area contributed by atoms with E-state index in [0.29, 0.717) is 42.7 Å². The molecule has 0 aromatic heterocycles. The van der Waals surface area contributed by atoms with Crippen LogP contribution in [0.4, 0.5) is 0 Å². The zero-order valence-electron chi connectivity index (χ0n) is 18.5. The van der Waals surface area contributed by atoms with Gasteiger partial charge in [-0.15, -0.1) is 5.92 Å². The first-order valence-corrected chi connectivity index (χ1v) is 11.9. The highest BCUT2D eigenvalue weighted by atomic mass is 16.7. The fraction of sp³-hybridized carbons (Fsp3) is 0.536. The lowest BCUT2D eigenvalue weighted by molar-refractivity contribution is -0.114. The Labute approximate surface area is 184 Å². The van der Waals surface area contributed by atoms with Crippen LogP contribution in [-0.2, 0) is 4.79 Å². The summed E-state index contributed by atoms with van der Waals surface area (Å²) in [6, 6.07) is 6.53. The van der Waals surface area contributed by atoms with E-state index in [2.05, 4.69) is 37.0 Å². The summed E-state index contributed by atoms with van der Waals surface area (Å²) < 4.78 is 11.3. The Morgan fingerprint density at radius 2 is 1.97 bits per heavy atom. The maximum absolute atomic E-state index is 12.2. The monoisotopic (exact) mass is 414 g/mol. The maximum Gasteiger partial charge on any atom is 0.231 e. The summed E-state index contributed by atoms with van der Waals surface area (Å²) in [6.45, 7) is 4.82. The van der Waals surface area contributed by atoms with Gasteiger partial charge in [-0.05, 0) is 97.6 Å². The van der Waals surface area contributed by atoms with Crippen LogP contribution < -0.4 is 9.47 Å². The molecule has 2 saturated carbocycles. The average Bonchev–Trinajstić information content (AvgIpc) is 3.40. The molecule has 6 rings (SSSR count). The van der Waals surface area contributed by atoms with E-state index in [1.807, 2.05) is 13.0 Å². The number of carbonyl (C=O) groups excluding carboxylic acids is 1. The van der Waals surface area contributed by atoms with E-state index in [4.69, 9.17) is 9.47 Å². The third-order valence-corrected chi connectivity index (χ3v) is 8.82. The quantitative estimate of drug-likeness (QED) is 0.532. The van der Waals surface area contributed by atoms with Gasteiger partial charge >= 0.3 is 0 Å². The number of ketones is 1. The third-order valence-electron chi connectivity index (χ3n) is 8.82. The van der Waals surface area contributed by atoms with Crippen molar-refractivity contribution in [1.29, 1.82) is 0 Å². The van der Waals surface area contributed by atoms with Gasteiger partial charge in [0, 0.05) is 18.3 Å². The molecule has 0 saturated heterocycles. The van der Waals surface area contributed by atoms with Crippen LogP contribution >= 0.6 is 0 Å². The van der Waals surface area contributed by atoms with Gasteiger partial charge in [0.15, 0.2) is 17.3 Å². The highest BCUT2D eigenvalue weighted by Crippen LogP contribution is 2.66. The second-order valence-electron chi connectivity index (χ2n) is 10.2. The molecule has 1 aromatic rings. The molecule has 0 radical (unpaired) electrons. The summed E-state index contributed by atoms with van der Waals surface area (Å²) in [5.41, 5.74) is 5.98. The van der Waals surface area contributed by atoms with E-state index < -0.39 is 0 Å². The van der Waals surface area contributed by atoms with Crippen molar-refractivity contribution in [3.8, 4) is 23.3 Å². The lowest BCUT2D eigenvalue weighted by Crippen LogP contribution is -2.44. The maximum atomic E-state index is 12.2. The van der Waals surface area contributed by atoms with Crippen LogP contribution in [0, 0.1) is 35.0 Å². The van der Waals surface area contributed by atoms with E-state index in [9.17, 15) is 4.79 Å². The molecule has 0 amide bonds. The second-order valence-corrected chi connectivity index (χ2v) is 10.2. The predicted molar refractivity (Wildman–Crippen MR) is 120 cm³/mol. The second kappa shape index (κ2) is 7.02. The van der Waals surface area contributed by atoms with Crippen molar-refractivity contribution in [2.24, 2.45) is 23.2 Å². The molecular formula is C28H30O3. The number of rotatable bonds is 1. The smallest absolute Gasteiger partial charge is 0.231 e. The van der Waals surface area contributed by atoms with Gasteiger partial charge in [0.1, 0.15) is 0 Å². The van der Waals surface area contributed by atoms with Crippen LogP contribution in [0.15, 0.2) is 41.0 Å². The summed E-state index contributed by atoms with van der Waals surface area (Å²) in [7, 11) is 0. The SMILES string of the molecule is CC#CC1CCC2C1CC(c1ccc3c(c1)OCO3)C1=C3CCC(=O)C=C3CCC12C. The summed E-state index contributed by atoms with van der Waals surface area (Å²) >= 11 is 0. The molecule has 1 heterocycles. The van der Waals surface area contributed by atoms with Crippen molar-refractivity contribution in [3.05, 3.63) is 46.6 Å². The molecule has 3 heteroatoms. The normalized spacial score (nSPS) is 35.5. The molecule has 0 N–H and O–H groups in total. The first-order valence-electron chi connectivity index (χ1n) is 11.9. The van der Waals surface area contributed by atoms with Crippen molar-refractivity contribution in [2.45, 2.75) is 64.7 Å². The van der Waals surface area contributed by atoms with E-state index in [1.54, 1.807) is 5.57 Å². The van der Waals surface area contributed by atoms with E-state index in [1.165, 1.54) is 29.6 Å². The molecule has 0 bridgehead atoms. The average molecular weight is 415 g/mol. The molecule has 1 aromatic carbocycles. The van der Waals surface area contributed by atoms with Crippen LogP contribution in [-0.4, -0.2) is 12.6 Å². The van der Waals surface area contributed by atoms with Crippen molar-refractivity contribution < 1.29 is 14.3 Å². The number of hydrogen-bond donors (Lipinski definition) is 0. The first kappa shape index (κ1) is 19.2. The molecule has 31 heavy (non-hydrogen) atoms. The van der Waals surface area contributed by atoms with Crippen LogP contribution in [0.2, 0.25) is 0 Å². The number of ether oxygens (including phenoxy) is 2. The highest BCUT2D eigenvalue weighted by molar-refractivity contribution is 5.93. The minimum Gasteiger partial charge on any atom is -0.454 e. The van der Waals surface area contributed by atoms with Gasteiger partial charge in [0.05, 0.1) is 0 Å². The number of allylic oxidation sites excluding steroid dienone is 4. The van der Waals surface area contributed by atoms with Gasteiger partial charge in [0.25, 0.3) is 0 Å². The standard InChI is InChI=1S/C28H30O3/c1-3-4-17-5-9-24-22(17)15-23(18-6-10-25-26(14-18)31-16-30-25)27-21-8-7-20(29)13-19(21)11-12-28(24,27)2/h6,10,13-14,17,22-24H,5,7-9,11-12,15-16H2,1-2H3. The third kappa shape index (κ3) is 2.84. The molecule has 5 aliphatic rings. The fourth-order valence-corrected chi connectivity index (χ4v) is 7.53. The van der Waals surface area contributed by atoms with E-state index in [0.717, 1.165) is 37.2 Å². The highest BCUT2D eigenvalue weighted by Gasteiger charge is 2.55. The Morgan fingerprint density at radius 1 is 1.10 bits per heavy atom. The first-order chi connectivity index (χ1) is 15.1. The predicted octanol–water partition coefficient (Wildman–Crippen LogP) is 5.95. The number of fused-ring (bicyclic) bond motifs is 5. The molecule has 2 fully saturated rings. The van der Waals surface area contributed by atoms with Gasteiger partial charge in [-0.1, -0.05) is 24.5 Å². The van der Waals surface area contributed by atoms with Crippen LogP contribution in [0.1, 0.15) is 70.3 Å². The van der Waals surface area contributed by atoms with E-state index >= 15 is 0 Å². The summed E-state index contributed by atoms with van der Waals surface area (Å²) in [5.74, 6) is 11.0. The summed E-state index contributed by atoms with van der Waals surface area (Å²) in [5, 5.41) is 0. The van der Waals surface area contributed by atoms with Crippen molar-refractivity contribution in [2.75, 3.05) is 6.79 Å². The van der Waals surface area contributed by atoms with Gasteiger partial charge in [-0.3, -0.25) is 4.79 Å². The Hall–Kier alpha value is -2.47. The molecular weight excluding hydrogens is 384 g/mol. The fourth-order valence-electron chi connectivity index (χ4n) is 7.53. The Balaban J connectivity index is 1.53. The minimum absolute atomic E-state index is 0.196. The van der Waals surface area contributed by atoms with Crippen molar-refractivity contribution >= 4 is 5.78 Å². The largest absolute Gasteiger partial charge is 0.454 e. The number of benzene rings is 1. The molecule has 0 spiro atoms. The molecule has 160 valence electrons. The van der Waals surface area contributed by atoms with Gasteiger partial charge in [-0.25, -0.2) is 0 Å². The molecule has 5 unspecified atom stereocenters. The summed E-state index contributed by atoms with van der Waals surface area (Å²) in [6.07, 6.45) is 9.37. The zero-order valence-corrected chi connectivity index (χ0v) is 18.5. The van der Waals surface area contributed by atoms with E-state index in [-0.39, 0.29) is 5.41 Å². The zero-order chi connectivity index (χ0) is 21.2. The molecule has 1 aliphatic heterocycles. The van der Waals surface area contributed by atoms with Crippen molar-refractivity contribution in [3.63, 3.8) is 0 Å². The Morgan fingerprint density at radius 3 is 2.84 bits per heavy atom. The number of carbonyl (C=O) groups is 1. The molecule has 3 nitrogen and oxygen atoms in total. The van der Waals surface area contributed by atoms with Crippen LogP contribution in [0.25, 0.3) is 0 Å². The van der Waals surface area contributed by atoms with Crippen LogP contribution in [0.3, 0.4) is 0 Å². The topological polar surface area (TPSA) is 35.5 Å². The van der Waals surface area contributed by atoms with Gasteiger partial charge < -0.3 is 9.47 Å². The number of hydrogen-bond acceptors (Lipinski definition) is 3. The lowest BCUT2D eigenvalue weighted by Gasteiger charge is -2.54.